The molecule has 0 heterocycles. The van der Waals surface area contributed by atoms with Crippen molar-refractivity contribution in [2.24, 2.45) is 5.92 Å². The van der Waals surface area contributed by atoms with Gasteiger partial charge in [0.1, 0.15) is 6.04 Å². The lowest BCUT2D eigenvalue weighted by Gasteiger charge is -2.18. The van der Waals surface area contributed by atoms with E-state index in [0.717, 1.165) is 0 Å². The van der Waals surface area contributed by atoms with Crippen LogP contribution in [0.5, 0.6) is 0 Å². The number of carbonyl (C=O) groups excluding carboxylic acids is 1. The number of aliphatic carboxylic acids is 1. The molecule has 0 radical (unpaired) electrons. The maximum absolute atomic E-state index is 12.2. The van der Waals surface area contributed by atoms with Gasteiger partial charge in [0.05, 0.1) is 15.6 Å². The van der Waals surface area contributed by atoms with Crippen LogP contribution < -0.4 is 5.32 Å². The van der Waals surface area contributed by atoms with E-state index in [9.17, 15) is 9.59 Å². The van der Waals surface area contributed by atoms with E-state index in [1.807, 2.05) is 6.26 Å². The molecule has 20 heavy (non-hydrogen) atoms. The van der Waals surface area contributed by atoms with Crippen molar-refractivity contribution in [2.75, 3.05) is 6.26 Å². The van der Waals surface area contributed by atoms with E-state index in [1.54, 1.807) is 19.9 Å². The fourth-order valence-electron chi connectivity index (χ4n) is 1.59. The van der Waals surface area contributed by atoms with Gasteiger partial charge in [0, 0.05) is 4.90 Å². The molecule has 0 aliphatic rings. The number of carbonyl (C=O) groups is 2. The van der Waals surface area contributed by atoms with Crippen molar-refractivity contribution in [3.05, 3.63) is 27.7 Å². The number of rotatable bonds is 5. The van der Waals surface area contributed by atoms with Gasteiger partial charge in [0.25, 0.3) is 5.91 Å². The Balaban J connectivity index is 3.06. The summed E-state index contributed by atoms with van der Waals surface area (Å²) >= 11 is 13.4. The standard InChI is InChI=1S/C13H15Cl2NO3S/c1-6(2)11(13(18)19)16-12(17)7-4-10(20-3)9(15)5-8(7)14/h4-6,11H,1-3H3,(H,16,17)(H,18,19)/t11-/m1/s1. The average Bonchev–Trinajstić information content (AvgIpc) is 2.35. The largest absolute Gasteiger partial charge is 0.480 e. The number of hydrogen-bond acceptors (Lipinski definition) is 3. The molecule has 1 aromatic carbocycles. The summed E-state index contributed by atoms with van der Waals surface area (Å²) in [5.41, 5.74) is 0.215. The average molecular weight is 336 g/mol. The van der Waals surface area contributed by atoms with Gasteiger partial charge in [-0.1, -0.05) is 37.0 Å². The molecule has 1 aromatic rings. The van der Waals surface area contributed by atoms with Gasteiger partial charge >= 0.3 is 5.97 Å². The van der Waals surface area contributed by atoms with Gasteiger partial charge in [-0.2, -0.15) is 0 Å². The minimum absolute atomic E-state index is 0.193. The number of nitrogens with one attached hydrogen (secondary N) is 1. The molecule has 1 rings (SSSR count). The molecular weight excluding hydrogens is 321 g/mol. The van der Waals surface area contributed by atoms with Crippen molar-refractivity contribution in [3.8, 4) is 0 Å². The van der Waals surface area contributed by atoms with Crippen LogP contribution in [0.1, 0.15) is 24.2 Å². The third kappa shape index (κ3) is 4.04. The first-order chi connectivity index (χ1) is 9.27. The zero-order chi connectivity index (χ0) is 15.4. The number of carboxylic acid groups (broad SMARTS) is 1. The molecule has 2 N–H and O–H groups in total. The van der Waals surface area contributed by atoms with Crippen molar-refractivity contribution in [1.82, 2.24) is 5.32 Å². The molecule has 4 nitrogen and oxygen atoms in total. The van der Waals surface area contributed by atoms with Gasteiger partial charge in [-0.05, 0) is 24.3 Å². The van der Waals surface area contributed by atoms with Crippen LogP contribution in [0.3, 0.4) is 0 Å². The predicted octanol–water partition coefficient (Wildman–Crippen LogP) is 3.55. The zero-order valence-electron chi connectivity index (χ0n) is 11.2. The highest BCUT2D eigenvalue weighted by molar-refractivity contribution is 7.98. The van der Waals surface area contributed by atoms with Crippen molar-refractivity contribution >= 4 is 46.8 Å². The van der Waals surface area contributed by atoms with Crippen LogP contribution in [0.25, 0.3) is 0 Å². The van der Waals surface area contributed by atoms with Crippen molar-refractivity contribution < 1.29 is 14.7 Å². The number of halogens is 2. The third-order valence-electron chi connectivity index (χ3n) is 2.71. The number of thioether (sulfide) groups is 1. The molecule has 1 atom stereocenters. The fraction of sp³-hybridized carbons (Fsp3) is 0.385. The van der Waals surface area contributed by atoms with E-state index in [4.69, 9.17) is 28.3 Å². The molecule has 0 unspecified atom stereocenters. The minimum atomic E-state index is -1.08. The Kier molecular flexibility index (Phi) is 6.17. The van der Waals surface area contributed by atoms with Crippen LogP contribution in [0, 0.1) is 5.92 Å². The summed E-state index contributed by atoms with van der Waals surface area (Å²) in [7, 11) is 0. The van der Waals surface area contributed by atoms with E-state index in [2.05, 4.69) is 5.32 Å². The van der Waals surface area contributed by atoms with Crippen LogP contribution in [-0.2, 0) is 4.79 Å². The first-order valence-corrected chi connectivity index (χ1v) is 7.82. The van der Waals surface area contributed by atoms with Gasteiger partial charge in [0.2, 0.25) is 0 Å². The summed E-state index contributed by atoms with van der Waals surface area (Å²) < 4.78 is 0. The summed E-state index contributed by atoms with van der Waals surface area (Å²) in [6.07, 6.45) is 1.82. The Morgan fingerprint density at radius 1 is 1.25 bits per heavy atom. The summed E-state index contributed by atoms with van der Waals surface area (Å²) in [6.45, 7) is 3.44. The maximum Gasteiger partial charge on any atom is 0.326 e. The van der Waals surface area contributed by atoms with E-state index in [0.29, 0.717) is 9.92 Å². The van der Waals surface area contributed by atoms with Crippen LogP contribution in [0.2, 0.25) is 10.0 Å². The van der Waals surface area contributed by atoms with Gasteiger partial charge in [-0.15, -0.1) is 11.8 Å². The van der Waals surface area contributed by atoms with Crippen LogP contribution in [-0.4, -0.2) is 29.3 Å². The predicted molar refractivity (Wildman–Crippen MR) is 82.0 cm³/mol. The second kappa shape index (κ2) is 7.20. The SMILES string of the molecule is CSc1cc(C(=O)N[C@@H](C(=O)O)C(C)C)c(Cl)cc1Cl. The quantitative estimate of drug-likeness (QED) is 0.807. The van der Waals surface area contributed by atoms with Crippen molar-refractivity contribution in [3.63, 3.8) is 0 Å². The molecule has 0 saturated carbocycles. The van der Waals surface area contributed by atoms with Gasteiger partial charge in [0.15, 0.2) is 0 Å². The molecule has 0 saturated heterocycles. The lowest BCUT2D eigenvalue weighted by Crippen LogP contribution is -2.44. The molecule has 0 aliphatic carbocycles. The summed E-state index contributed by atoms with van der Waals surface area (Å²) in [6, 6.07) is 2.07. The highest BCUT2D eigenvalue weighted by Gasteiger charge is 2.25. The van der Waals surface area contributed by atoms with Crippen LogP contribution in [0.4, 0.5) is 0 Å². The molecule has 0 aromatic heterocycles. The van der Waals surface area contributed by atoms with Gasteiger partial charge < -0.3 is 10.4 Å². The zero-order valence-corrected chi connectivity index (χ0v) is 13.6. The first-order valence-electron chi connectivity index (χ1n) is 5.84. The Morgan fingerprint density at radius 3 is 2.30 bits per heavy atom. The molecule has 0 fully saturated rings. The molecular formula is C13H15Cl2NO3S. The summed E-state index contributed by atoms with van der Waals surface area (Å²) in [4.78, 5) is 24.0. The van der Waals surface area contributed by atoms with Crippen molar-refractivity contribution in [2.45, 2.75) is 24.8 Å². The van der Waals surface area contributed by atoms with Crippen LogP contribution >= 0.6 is 35.0 Å². The Labute approximate surface area is 131 Å². The minimum Gasteiger partial charge on any atom is -0.480 e. The molecule has 1 amide bonds. The van der Waals surface area contributed by atoms with E-state index < -0.39 is 17.9 Å². The smallest absolute Gasteiger partial charge is 0.326 e. The normalized spacial score (nSPS) is 12.3. The second-order valence-electron chi connectivity index (χ2n) is 4.50. The lowest BCUT2D eigenvalue weighted by molar-refractivity contribution is -0.140. The molecule has 7 heteroatoms. The van der Waals surface area contributed by atoms with Crippen molar-refractivity contribution in [1.29, 1.82) is 0 Å². The third-order valence-corrected chi connectivity index (χ3v) is 4.22. The van der Waals surface area contributed by atoms with E-state index >= 15 is 0 Å². The topological polar surface area (TPSA) is 66.4 Å². The highest BCUT2D eigenvalue weighted by atomic mass is 35.5. The Bertz CT molecular complexity index is 535. The number of hydrogen-bond donors (Lipinski definition) is 2. The van der Waals surface area contributed by atoms with Crippen LogP contribution in [0.15, 0.2) is 17.0 Å². The molecule has 0 spiro atoms. The number of benzene rings is 1. The van der Waals surface area contributed by atoms with Gasteiger partial charge in [-0.25, -0.2) is 4.79 Å². The summed E-state index contributed by atoms with van der Waals surface area (Å²) in [5.74, 6) is -1.84. The number of carboxylic acids is 1. The Morgan fingerprint density at radius 2 is 1.85 bits per heavy atom. The Hall–Kier alpha value is -0.910. The highest BCUT2D eigenvalue weighted by Crippen LogP contribution is 2.31. The molecule has 0 aliphatic heterocycles. The van der Waals surface area contributed by atoms with E-state index in [1.165, 1.54) is 17.8 Å². The second-order valence-corrected chi connectivity index (χ2v) is 6.16. The number of amides is 1. The first kappa shape index (κ1) is 17.1. The molecule has 110 valence electrons. The fourth-order valence-corrected chi connectivity index (χ4v) is 2.78. The summed E-state index contributed by atoms with van der Waals surface area (Å²) in [5, 5.41) is 12.2. The van der Waals surface area contributed by atoms with Gasteiger partial charge in [-0.3, -0.25) is 4.79 Å². The van der Waals surface area contributed by atoms with E-state index in [-0.39, 0.29) is 16.5 Å². The maximum atomic E-state index is 12.2. The molecule has 0 bridgehead atoms. The lowest BCUT2D eigenvalue weighted by atomic mass is 10.0. The monoisotopic (exact) mass is 335 g/mol.